The molecule has 6 heteroatoms. The van der Waals surface area contributed by atoms with Crippen molar-refractivity contribution in [1.29, 1.82) is 0 Å². The maximum atomic E-state index is 12.3. The highest BCUT2D eigenvalue weighted by Gasteiger charge is 2.29. The number of benzene rings is 3. The molecule has 0 fully saturated rings. The summed E-state index contributed by atoms with van der Waals surface area (Å²) < 4.78 is 5.48. The summed E-state index contributed by atoms with van der Waals surface area (Å²) in [6, 6.07) is 19.7. The molecule has 0 bridgehead atoms. The van der Waals surface area contributed by atoms with Crippen LogP contribution in [0, 0.1) is 13.8 Å². The van der Waals surface area contributed by atoms with E-state index in [1.54, 1.807) is 12.1 Å². The third-order valence-electron chi connectivity index (χ3n) is 6.02. The molecule has 1 aliphatic rings. The third-order valence-corrected chi connectivity index (χ3v) is 6.24. The zero-order chi connectivity index (χ0) is 22.8. The lowest BCUT2D eigenvalue weighted by atomic mass is 9.95. The van der Waals surface area contributed by atoms with Gasteiger partial charge < -0.3 is 20.3 Å². The number of aryl methyl sites for hydroxylation is 2. The predicted molar refractivity (Wildman–Crippen MR) is 125 cm³/mol. The summed E-state index contributed by atoms with van der Waals surface area (Å²) in [6.07, 6.45) is -2.97. The Morgan fingerprint density at radius 1 is 1.00 bits per heavy atom. The molecular formula is C26H26ClNO4. The predicted octanol–water partition coefficient (Wildman–Crippen LogP) is 4.89. The number of amides is 1. The van der Waals surface area contributed by atoms with Crippen molar-refractivity contribution in [3.8, 4) is 11.1 Å². The van der Waals surface area contributed by atoms with E-state index in [1.165, 1.54) is 0 Å². The lowest BCUT2D eigenvalue weighted by Gasteiger charge is -2.22. The number of aliphatic hydroxyl groups is 2. The van der Waals surface area contributed by atoms with Crippen LogP contribution in [0.1, 0.15) is 39.8 Å². The molecule has 0 aliphatic heterocycles. The number of fused-ring (bicyclic) bond motifs is 3. The van der Waals surface area contributed by atoms with E-state index in [0.29, 0.717) is 10.6 Å². The van der Waals surface area contributed by atoms with Gasteiger partial charge in [-0.05, 0) is 64.9 Å². The van der Waals surface area contributed by atoms with Crippen molar-refractivity contribution in [2.45, 2.75) is 32.0 Å². The van der Waals surface area contributed by atoms with Crippen LogP contribution in [0.2, 0.25) is 5.02 Å². The number of hydrogen-bond acceptors (Lipinski definition) is 4. The van der Waals surface area contributed by atoms with Crippen molar-refractivity contribution >= 4 is 17.7 Å². The monoisotopic (exact) mass is 451 g/mol. The summed E-state index contributed by atoms with van der Waals surface area (Å²) in [5.74, 6) is -0.0389. The van der Waals surface area contributed by atoms with Crippen LogP contribution < -0.4 is 5.32 Å². The number of aliphatic hydroxyl groups excluding tert-OH is 2. The zero-order valence-corrected chi connectivity index (χ0v) is 18.8. The molecule has 0 heterocycles. The molecule has 166 valence electrons. The lowest BCUT2D eigenvalue weighted by molar-refractivity contribution is 0.0178. The van der Waals surface area contributed by atoms with Crippen LogP contribution in [0.25, 0.3) is 11.1 Å². The summed E-state index contributed by atoms with van der Waals surface area (Å²) in [4.78, 5) is 12.3. The van der Waals surface area contributed by atoms with Gasteiger partial charge in [0.2, 0.25) is 0 Å². The Hall–Kier alpha value is -2.86. The first-order valence-electron chi connectivity index (χ1n) is 10.6. The second-order valence-corrected chi connectivity index (χ2v) is 8.61. The Morgan fingerprint density at radius 2 is 1.53 bits per heavy atom. The van der Waals surface area contributed by atoms with Gasteiger partial charge in [0.05, 0.1) is 0 Å². The minimum atomic E-state index is -1.19. The second kappa shape index (κ2) is 9.33. The van der Waals surface area contributed by atoms with Gasteiger partial charge in [-0.1, -0.05) is 60.1 Å². The first kappa shape index (κ1) is 22.3. The maximum Gasteiger partial charge on any atom is 0.407 e. The van der Waals surface area contributed by atoms with Crippen LogP contribution in [0.15, 0.2) is 60.7 Å². The fraction of sp³-hybridized carbons (Fsp3) is 0.269. The van der Waals surface area contributed by atoms with Crippen LogP contribution >= 0.6 is 11.6 Å². The number of rotatable bonds is 6. The minimum absolute atomic E-state index is 0.0389. The molecule has 32 heavy (non-hydrogen) atoms. The average Bonchev–Trinajstić information content (AvgIpc) is 3.09. The molecule has 3 aromatic carbocycles. The summed E-state index contributed by atoms with van der Waals surface area (Å²) in [5, 5.41) is 24.1. The highest BCUT2D eigenvalue weighted by Crippen LogP contribution is 2.44. The van der Waals surface area contributed by atoms with E-state index >= 15 is 0 Å². The molecular weight excluding hydrogens is 426 g/mol. The van der Waals surface area contributed by atoms with E-state index in [9.17, 15) is 15.0 Å². The smallest absolute Gasteiger partial charge is 0.407 e. The number of hydrogen-bond donors (Lipinski definition) is 3. The summed E-state index contributed by atoms with van der Waals surface area (Å²) in [5.41, 5.74) is 6.74. The topological polar surface area (TPSA) is 78.8 Å². The largest absolute Gasteiger partial charge is 0.449 e. The quantitative estimate of drug-likeness (QED) is 0.498. The molecule has 3 N–H and O–H groups in total. The number of ether oxygens (including phenoxy) is 1. The maximum absolute atomic E-state index is 12.3. The Bertz CT molecular complexity index is 1080. The van der Waals surface area contributed by atoms with Gasteiger partial charge in [-0.25, -0.2) is 4.79 Å². The van der Waals surface area contributed by atoms with E-state index in [1.807, 2.05) is 38.1 Å². The molecule has 4 rings (SSSR count). The van der Waals surface area contributed by atoms with Crippen molar-refractivity contribution in [1.82, 2.24) is 5.32 Å². The molecule has 1 aliphatic carbocycles. The molecule has 1 amide bonds. The molecule has 0 saturated heterocycles. The summed E-state index contributed by atoms with van der Waals surface area (Å²) >= 11 is 6.04. The van der Waals surface area contributed by atoms with Crippen molar-refractivity contribution in [3.05, 3.63) is 93.5 Å². The molecule has 0 saturated carbocycles. The van der Waals surface area contributed by atoms with Crippen molar-refractivity contribution in [3.63, 3.8) is 0 Å². The molecule has 2 unspecified atom stereocenters. The lowest BCUT2D eigenvalue weighted by Crippen LogP contribution is -2.36. The van der Waals surface area contributed by atoms with Gasteiger partial charge in [-0.2, -0.15) is 0 Å². The molecule has 0 radical (unpaired) electrons. The van der Waals surface area contributed by atoms with E-state index in [0.717, 1.165) is 33.4 Å². The van der Waals surface area contributed by atoms with E-state index < -0.39 is 18.3 Å². The van der Waals surface area contributed by atoms with E-state index in [2.05, 4.69) is 29.6 Å². The van der Waals surface area contributed by atoms with Crippen molar-refractivity contribution in [2.75, 3.05) is 13.2 Å². The second-order valence-electron chi connectivity index (χ2n) is 8.17. The number of alkyl carbamates (subject to hydrolysis) is 1. The first-order chi connectivity index (χ1) is 15.4. The van der Waals surface area contributed by atoms with Gasteiger partial charge in [0.1, 0.15) is 18.8 Å². The van der Waals surface area contributed by atoms with E-state index in [4.69, 9.17) is 16.3 Å². The van der Waals surface area contributed by atoms with Gasteiger partial charge >= 0.3 is 6.09 Å². The van der Waals surface area contributed by atoms with Gasteiger partial charge in [-0.15, -0.1) is 0 Å². The van der Waals surface area contributed by atoms with E-state index in [-0.39, 0.29) is 19.1 Å². The fourth-order valence-corrected chi connectivity index (χ4v) is 4.86. The highest BCUT2D eigenvalue weighted by atomic mass is 35.5. The zero-order valence-electron chi connectivity index (χ0n) is 18.0. The van der Waals surface area contributed by atoms with Crippen LogP contribution in [-0.2, 0) is 4.74 Å². The van der Waals surface area contributed by atoms with Crippen molar-refractivity contribution in [2.24, 2.45) is 0 Å². The number of nitrogens with one attached hydrogen (secondary N) is 1. The van der Waals surface area contributed by atoms with Gasteiger partial charge in [0.15, 0.2) is 0 Å². The SMILES string of the molecule is Cc1cc(Cl)cc(C)c1C(O)C(O)CNC(=O)OCC1c2ccccc2-c2ccccc21. The van der Waals surface area contributed by atoms with Crippen molar-refractivity contribution < 1.29 is 19.7 Å². The highest BCUT2D eigenvalue weighted by molar-refractivity contribution is 6.30. The van der Waals surface area contributed by atoms with Gasteiger partial charge in [0.25, 0.3) is 0 Å². The normalized spacial score (nSPS) is 14.4. The molecule has 2 atom stereocenters. The first-order valence-corrected chi connectivity index (χ1v) is 11.0. The summed E-state index contributed by atoms with van der Waals surface area (Å²) in [6.45, 7) is 3.69. The fourth-order valence-electron chi connectivity index (χ4n) is 4.53. The summed E-state index contributed by atoms with van der Waals surface area (Å²) in [7, 11) is 0. The minimum Gasteiger partial charge on any atom is -0.449 e. The van der Waals surface area contributed by atoms with Gasteiger partial charge in [-0.3, -0.25) is 0 Å². The Morgan fingerprint density at radius 3 is 2.09 bits per heavy atom. The van der Waals surface area contributed by atoms with Crippen LogP contribution in [0.3, 0.4) is 0 Å². The number of carbonyl (C=O) groups is 1. The standard InChI is InChI=1S/C26H26ClNO4/c1-15-11-17(27)12-16(2)24(15)25(30)23(29)13-28-26(31)32-14-22-20-9-5-3-7-18(20)19-8-4-6-10-21(19)22/h3-12,22-23,25,29-30H,13-14H2,1-2H3,(H,28,31). The number of carbonyl (C=O) groups excluding carboxylic acids is 1. The van der Waals surface area contributed by atoms with Crippen LogP contribution in [0.5, 0.6) is 0 Å². The molecule has 5 nitrogen and oxygen atoms in total. The Balaban J connectivity index is 1.36. The average molecular weight is 452 g/mol. The third kappa shape index (κ3) is 4.37. The molecule has 0 spiro atoms. The van der Waals surface area contributed by atoms with Crippen LogP contribution in [-0.4, -0.2) is 35.6 Å². The molecule has 0 aromatic heterocycles. The Kier molecular flexibility index (Phi) is 6.51. The number of halogens is 1. The van der Waals surface area contributed by atoms with Crippen LogP contribution in [0.4, 0.5) is 4.79 Å². The Labute approximate surface area is 192 Å². The van der Waals surface area contributed by atoms with Gasteiger partial charge in [0, 0.05) is 17.5 Å². The molecule has 3 aromatic rings.